The van der Waals surface area contributed by atoms with Gasteiger partial charge in [0.2, 0.25) is 0 Å². The molecule has 0 bridgehead atoms. The van der Waals surface area contributed by atoms with Crippen LogP contribution in [-0.4, -0.2) is 0 Å². The van der Waals surface area contributed by atoms with Gasteiger partial charge in [0.05, 0.1) is 0 Å². The molecule has 2 heteroatoms. The van der Waals surface area contributed by atoms with E-state index in [-0.39, 0.29) is 5.41 Å². The fourth-order valence-corrected chi connectivity index (χ4v) is 5.83. The summed E-state index contributed by atoms with van der Waals surface area (Å²) in [7, 11) is 0. The van der Waals surface area contributed by atoms with E-state index in [1.54, 1.807) is 0 Å². The summed E-state index contributed by atoms with van der Waals surface area (Å²) >= 11 is 8.23. The summed E-state index contributed by atoms with van der Waals surface area (Å²) in [4.78, 5) is 1.45. The van der Waals surface area contributed by atoms with E-state index >= 15 is 0 Å². The highest BCUT2D eigenvalue weighted by Gasteiger charge is 2.34. The van der Waals surface area contributed by atoms with Crippen molar-refractivity contribution >= 4 is 39.1 Å². The van der Waals surface area contributed by atoms with E-state index in [1.165, 1.54) is 42.8 Å². The summed E-state index contributed by atoms with van der Waals surface area (Å²) in [5.74, 6) is 0. The molecule has 0 aliphatic heterocycles. The molecule has 3 aromatic rings. The Morgan fingerprint density at radius 2 is 1.76 bits per heavy atom. The van der Waals surface area contributed by atoms with E-state index in [2.05, 4.69) is 50.3 Å². The van der Waals surface area contributed by atoms with Crippen molar-refractivity contribution in [1.82, 2.24) is 0 Å². The van der Waals surface area contributed by atoms with Gasteiger partial charge in [-0.1, -0.05) is 63.6 Å². The molecule has 0 atom stereocenters. The van der Waals surface area contributed by atoms with Crippen molar-refractivity contribution < 1.29 is 0 Å². The predicted octanol–water partition coefficient (Wildman–Crippen LogP) is 7.38. The maximum atomic E-state index is 6.27. The van der Waals surface area contributed by atoms with Gasteiger partial charge < -0.3 is 0 Å². The molecule has 0 radical (unpaired) electrons. The third-order valence-electron chi connectivity index (χ3n) is 5.47. The lowest BCUT2D eigenvalue weighted by molar-refractivity contribution is 0.613. The maximum Gasteiger partial charge on any atom is 0.0409 e. The Morgan fingerprint density at radius 1 is 1.00 bits per heavy atom. The van der Waals surface area contributed by atoms with Crippen LogP contribution in [0.3, 0.4) is 0 Å². The number of thiophene rings is 1. The highest BCUT2D eigenvalue weighted by molar-refractivity contribution is 7.20. The van der Waals surface area contributed by atoms with Crippen LogP contribution < -0.4 is 0 Å². The first-order valence-corrected chi connectivity index (χ1v) is 10.3. The van der Waals surface area contributed by atoms with Crippen molar-refractivity contribution in [2.45, 2.75) is 46.0 Å². The lowest BCUT2D eigenvalue weighted by Gasteiger charge is -2.35. The average Bonchev–Trinajstić information content (AvgIpc) is 3.17. The largest absolute Gasteiger partial charge is 0.135 e. The topological polar surface area (TPSA) is 0 Å². The van der Waals surface area contributed by atoms with Gasteiger partial charge in [-0.2, -0.15) is 0 Å². The second kappa shape index (κ2) is 6.00. The number of allylic oxidation sites excluding steroid dienone is 1. The molecule has 0 spiro atoms. The molecule has 5 rings (SSSR count). The van der Waals surface area contributed by atoms with Gasteiger partial charge >= 0.3 is 0 Å². The van der Waals surface area contributed by atoms with Crippen LogP contribution in [-0.2, 0) is 18.3 Å². The number of fused-ring (bicyclic) bond motifs is 6. The van der Waals surface area contributed by atoms with Gasteiger partial charge in [0.25, 0.3) is 0 Å². The zero-order valence-electron chi connectivity index (χ0n) is 15.2. The molecule has 0 N–H and O–H groups in total. The Balaban J connectivity index is 0.000000758. The van der Waals surface area contributed by atoms with Gasteiger partial charge in [-0.15, -0.1) is 11.3 Å². The van der Waals surface area contributed by atoms with Crippen LogP contribution >= 0.6 is 22.9 Å². The SMILES string of the molecule is CC.CC1(C)c2ccc(Cl)cc2Cc2c1ccc1c3c(sc21)C=CC3. The average molecular weight is 367 g/mol. The van der Waals surface area contributed by atoms with Gasteiger partial charge in [0, 0.05) is 20.0 Å². The fraction of sp³-hybridized carbons (Fsp3) is 0.304. The number of hydrogen-bond donors (Lipinski definition) is 0. The minimum Gasteiger partial charge on any atom is -0.135 e. The van der Waals surface area contributed by atoms with Crippen LogP contribution in [0.25, 0.3) is 16.2 Å². The first kappa shape index (κ1) is 16.9. The molecule has 0 saturated heterocycles. The lowest BCUT2D eigenvalue weighted by Crippen LogP contribution is -2.27. The smallest absolute Gasteiger partial charge is 0.0409 e. The van der Waals surface area contributed by atoms with Crippen LogP contribution in [0.15, 0.2) is 36.4 Å². The molecule has 2 aliphatic rings. The third-order valence-corrected chi connectivity index (χ3v) is 6.98. The number of hydrogen-bond acceptors (Lipinski definition) is 1. The molecule has 0 saturated carbocycles. The van der Waals surface area contributed by atoms with E-state index < -0.39 is 0 Å². The molecular formula is C23H23ClS. The van der Waals surface area contributed by atoms with Gasteiger partial charge in [0.1, 0.15) is 0 Å². The Bertz CT molecular complexity index is 1000. The Labute approximate surface area is 159 Å². The molecule has 25 heavy (non-hydrogen) atoms. The van der Waals surface area contributed by atoms with Crippen LogP contribution in [0.2, 0.25) is 5.02 Å². The first-order valence-electron chi connectivity index (χ1n) is 9.09. The summed E-state index contributed by atoms with van der Waals surface area (Å²) in [6.45, 7) is 8.68. The van der Waals surface area contributed by atoms with E-state index in [4.69, 9.17) is 11.6 Å². The van der Waals surface area contributed by atoms with Gasteiger partial charge in [0.15, 0.2) is 0 Å². The molecule has 0 unspecified atom stereocenters. The second-order valence-electron chi connectivity index (χ2n) is 7.12. The number of benzene rings is 2. The summed E-state index contributed by atoms with van der Waals surface area (Å²) in [5, 5.41) is 2.29. The predicted molar refractivity (Wildman–Crippen MR) is 112 cm³/mol. The second-order valence-corrected chi connectivity index (χ2v) is 8.61. The fourth-order valence-electron chi connectivity index (χ4n) is 4.33. The third kappa shape index (κ3) is 2.40. The molecule has 1 aromatic heterocycles. The van der Waals surface area contributed by atoms with Crippen LogP contribution in [0.5, 0.6) is 0 Å². The molecule has 0 amide bonds. The molecular weight excluding hydrogens is 344 g/mol. The Kier molecular flexibility index (Phi) is 4.05. The van der Waals surface area contributed by atoms with Crippen LogP contribution in [0.4, 0.5) is 0 Å². The monoisotopic (exact) mass is 366 g/mol. The van der Waals surface area contributed by atoms with E-state index in [0.29, 0.717) is 0 Å². The molecule has 2 aliphatic carbocycles. The maximum absolute atomic E-state index is 6.27. The Hall–Kier alpha value is -1.57. The summed E-state index contributed by atoms with van der Waals surface area (Å²) in [5.41, 5.74) is 7.33. The zero-order chi connectivity index (χ0) is 17.8. The Morgan fingerprint density at radius 3 is 2.56 bits per heavy atom. The van der Waals surface area contributed by atoms with Gasteiger partial charge in [-0.25, -0.2) is 0 Å². The molecule has 128 valence electrons. The van der Waals surface area contributed by atoms with Crippen LogP contribution in [0, 0.1) is 0 Å². The number of halogens is 1. The molecule has 2 aromatic carbocycles. The quantitative estimate of drug-likeness (QED) is 0.389. The standard InChI is InChI=1S/C21H17ClS.C2H6/c1-21(2)17-8-6-13(22)10-12(17)11-16-18(21)9-7-15-14-4-3-5-19(14)23-20(15)16;1-2/h3,5-10H,4,11H2,1-2H3;1-2H3. The molecule has 0 nitrogen and oxygen atoms in total. The van der Waals surface area contributed by atoms with Gasteiger partial charge in [-0.05, 0) is 64.3 Å². The molecule has 0 fully saturated rings. The highest BCUT2D eigenvalue weighted by atomic mass is 35.5. The van der Waals surface area contributed by atoms with E-state index in [9.17, 15) is 0 Å². The van der Waals surface area contributed by atoms with Gasteiger partial charge in [-0.3, -0.25) is 0 Å². The van der Waals surface area contributed by atoms with E-state index in [0.717, 1.165) is 17.9 Å². The normalized spacial score (nSPS) is 16.0. The van der Waals surface area contributed by atoms with Crippen molar-refractivity contribution in [3.05, 3.63) is 74.1 Å². The van der Waals surface area contributed by atoms with Crippen molar-refractivity contribution in [2.24, 2.45) is 0 Å². The van der Waals surface area contributed by atoms with Crippen molar-refractivity contribution in [1.29, 1.82) is 0 Å². The zero-order valence-corrected chi connectivity index (χ0v) is 16.8. The molecule has 1 heterocycles. The van der Waals surface area contributed by atoms with Crippen LogP contribution in [0.1, 0.15) is 60.4 Å². The lowest BCUT2D eigenvalue weighted by atomic mass is 9.69. The van der Waals surface area contributed by atoms with Crippen molar-refractivity contribution in [2.75, 3.05) is 0 Å². The minimum absolute atomic E-state index is 0.0337. The van der Waals surface area contributed by atoms with E-state index in [1.807, 2.05) is 31.3 Å². The number of rotatable bonds is 0. The first-order chi connectivity index (χ1) is 12.1. The van der Waals surface area contributed by atoms with Crippen molar-refractivity contribution in [3.8, 4) is 0 Å². The summed E-state index contributed by atoms with van der Waals surface area (Å²) < 4.78 is 1.48. The van der Waals surface area contributed by atoms with Crippen molar-refractivity contribution in [3.63, 3.8) is 0 Å². The highest BCUT2D eigenvalue weighted by Crippen LogP contribution is 2.47. The summed E-state index contributed by atoms with van der Waals surface area (Å²) in [6, 6.07) is 11.1. The minimum atomic E-state index is 0.0337. The summed E-state index contributed by atoms with van der Waals surface area (Å²) in [6.07, 6.45) is 6.64.